The first-order valence-electron chi connectivity index (χ1n) is 5.49. The normalized spacial score (nSPS) is 42.9. The number of hydrogen-bond donors (Lipinski definition) is 2. The standard InChI is InChI=1S/C10H17FN2O3S/c1-4(14)8-7(15)5(11)6-9(16-8)17-10(12-6)13(2)3/h4-9,14-15H,1-3H3. The Labute approximate surface area is 104 Å². The summed E-state index contributed by atoms with van der Waals surface area (Å²) in [7, 11) is 3.64. The second kappa shape index (κ2) is 4.72. The van der Waals surface area contributed by atoms with Crippen LogP contribution in [0.25, 0.3) is 0 Å². The minimum absolute atomic E-state index is 0.467. The first-order valence-corrected chi connectivity index (χ1v) is 6.37. The Morgan fingerprint density at radius 2 is 2.18 bits per heavy atom. The van der Waals surface area contributed by atoms with Crippen molar-refractivity contribution in [2.45, 2.75) is 42.9 Å². The van der Waals surface area contributed by atoms with Gasteiger partial charge in [-0.3, -0.25) is 4.99 Å². The molecule has 0 spiro atoms. The quantitative estimate of drug-likeness (QED) is 0.688. The summed E-state index contributed by atoms with van der Waals surface area (Å²) in [6, 6.07) is -0.692. The molecule has 17 heavy (non-hydrogen) atoms. The molecule has 0 saturated carbocycles. The van der Waals surface area contributed by atoms with Crippen LogP contribution in [0.1, 0.15) is 6.92 Å². The lowest BCUT2D eigenvalue weighted by molar-refractivity contribution is -0.165. The number of halogens is 1. The van der Waals surface area contributed by atoms with Crippen LogP contribution in [0, 0.1) is 0 Å². The smallest absolute Gasteiger partial charge is 0.161 e. The molecule has 0 aromatic carbocycles. The molecule has 1 fully saturated rings. The van der Waals surface area contributed by atoms with Gasteiger partial charge in [0.25, 0.3) is 0 Å². The van der Waals surface area contributed by atoms with Crippen LogP contribution in [0.5, 0.6) is 0 Å². The Bertz CT molecular complexity index is 327. The third kappa shape index (κ3) is 2.29. The molecule has 2 heterocycles. The number of rotatable bonds is 1. The number of thioether (sulfide) groups is 1. The minimum atomic E-state index is -1.50. The van der Waals surface area contributed by atoms with Gasteiger partial charge in [0, 0.05) is 14.1 Å². The molecule has 6 unspecified atom stereocenters. The van der Waals surface area contributed by atoms with Gasteiger partial charge in [-0.25, -0.2) is 4.39 Å². The van der Waals surface area contributed by atoms with Crippen LogP contribution in [0.2, 0.25) is 0 Å². The van der Waals surface area contributed by atoms with Gasteiger partial charge in [0.1, 0.15) is 23.7 Å². The number of fused-ring (bicyclic) bond motifs is 1. The molecule has 6 atom stereocenters. The van der Waals surface area contributed by atoms with Gasteiger partial charge < -0.3 is 19.8 Å². The molecule has 2 rings (SSSR count). The van der Waals surface area contributed by atoms with Gasteiger partial charge in [0.05, 0.1) is 6.10 Å². The molecule has 2 aliphatic rings. The monoisotopic (exact) mass is 264 g/mol. The zero-order valence-electron chi connectivity index (χ0n) is 9.95. The zero-order valence-corrected chi connectivity index (χ0v) is 10.8. The average molecular weight is 264 g/mol. The van der Waals surface area contributed by atoms with Crippen molar-refractivity contribution in [3.05, 3.63) is 0 Å². The highest BCUT2D eigenvalue weighted by atomic mass is 32.2. The fourth-order valence-corrected chi connectivity index (χ4v) is 3.10. The summed E-state index contributed by atoms with van der Waals surface area (Å²) in [6.45, 7) is 1.48. The molecule has 7 heteroatoms. The van der Waals surface area contributed by atoms with Crippen LogP contribution >= 0.6 is 11.8 Å². The van der Waals surface area contributed by atoms with E-state index in [2.05, 4.69) is 4.99 Å². The van der Waals surface area contributed by atoms with Gasteiger partial charge in [-0.2, -0.15) is 0 Å². The van der Waals surface area contributed by atoms with E-state index in [1.165, 1.54) is 18.7 Å². The van der Waals surface area contributed by atoms with Gasteiger partial charge in [-0.05, 0) is 6.92 Å². The lowest BCUT2D eigenvalue weighted by Gasteiger charge is -2.38. The van der Waals surface area contributed by atoms with E-state index in [1.54, 1.807) is 4.90 Å². The lowest BCUT2D eigenvalue weighted by atomic mass is 9.97. The van der Waals surface area contributed by atoms with Crippen LogP contribution in [-0.4, -0.2) is 70.3 Å². The number of amidine groups is 1. The number of ether oxygens (including phenoxy) is 1. The van der Waals surface area contributed by atoms with E-state index < -0.39 is 36.0 Å². The summed E-state index contributed by atoms with van der Waals surface area (Å²) in [5.41, 5.74) is -0.467. The number of aliphatic hydroxyl groups is 2. The molecule has 5 nitrogen and oxygen atoms in total. The third-order valence-corrected chi connectivity index (χ3v) is 4.20. The van der Waals surface area contributed by atoms with Crippen molar-refractivity contribution in [3.63, 3.8) is 0 Å². The van der Waals surface area contributed by atoms with E-state index in [1.807, 2.05) is 14.1 Å². The Balaban J connectivity index is 2.15. The van der Waals surface area contributed by atoms with Crippen molar-refractivity contribution < 1.29 is 19.3 Å². The number of nitrogens with zero attached hydrogens (tertiary/aromatic N) is 2. The first-order chi connectivity index (χ1) is 7.91. The van der Waals surface area contributed by atoms with E-state index in [-0.39, 0.29) is 0 Å². The maximum Gasteiger partial charge on any atom is 0.161 e. The van der Waals surface area contributed by atoms with Crippen LogP contribution in [-0.2, 0) is 4.74 Å². The number of aliphatic imine (C=N–C) groups is 1. The average Bonchev–Trinajstić information content (AvgIpc) is 2.67. The molecule has 98 valence electrons. The van der Waals surface area contributed by atoms with Gasteiger partial charge >= 0.3 is 0 Å². The second-order valence-electron chi connectivity index (χ2n) is 4.56. The third-order valence-electron chi connectivity index (χ3n) is 2.90. The number of hydrogen-bond acceptors (Lipinski definition) is 6. The maximum absolute atomic E-state index is 14.0. The van der Waals surface area contributed by atoms with Crippen molar-refractivity contribution in [2.75, 3.05) is 14.1 Å². The SMILES string of the molecule is CC(O)C1OC2SC(N(C)C)=NC2C(F)C1O. The molecular formula is C10H17FN2O3S. The largest absolute Gasteiger partial charge is 0.391 e. The molecule has 0 amide bonds. The molecule has 2 aliphatic heterocycles. The summed E-state index contributed by atoms with van der Waals surface area (Å²) < 4.78 is 19.5. The Morgan fingerprint density at radius 1 is 1.53 bits per heavy atom. The van der Waals surface area contributed by atoms with Crippen LogP contribution in [0.3, 0.4) is 0 Å². The summed E-state index contributed by atoms with van der Waals surface area (Å²) in [6.07, 6.45) is -4.64. The maximum atomic E-state index is 14.0. The topological polar surface area (TPSA) is 65.3 Å². The van der Waals surface area contributed by atoms with Crippen molar-refractivity contribution in [1.82, 2.24) is 4.90 Å². The lowest BCUT2D eigenvalue weighted by Crippen LogP contribution is -2.56. The Kier molecular flexibility index (Phi) is 3.63. The predicted octanol–water partition coefficient (Wildman–Crippen LogP) is -0.176. The molecular weight excluding hydrogens is 247 g/mol. The van der Waals surface area contributed by atoms with Gasteiger partial charge in [0.2, 0.25) is 0 Å². The molecule has 0 aromatic rings. The second-order valence-corrected chi connectivity index (χ2v) is 5.62. The summed E-state index contributed by atoms with van der Waals surface area (Å²) in [5.74, 6) is 0. The summed E-state index contributed by atoms with van der Waals surface area (Å²) >= 11 is 1.32. The molecule has 2 N–H and O–H groups in total. The van der Waals surface area contributed by atoms with Crippen molar-refractivity contribution >= 4 is 16.9 Å². The minimum Gasteiger partial charge on any atom is -0.391 e. The van der Waals surface area contributed by atoms with E-state index >= 15 is 0 Å². The molecule has 0 aromatic heterocycles. The van der Waals surface area contributed by atoms with E-state index in [9.17, 15) is 14.6 Å². The molecule has 0 bridgehead atoms. The number of aliphatic hydroxyl groups excluding tert-OH is 2. The highest BCUT2D eigenvalue weighted by Crippen LogP contribution is 2.38. The van der Waals surface area contributed by atoms with Crippen molar-refractivity contribution in [3.8, 4) is 0 Å². The van der Waals surface area contributed by atoms with Crippen LogP contribution < -0.4 is 0 Å². The van der Waals surface area contributed by atoms with E-state index in [0.717, 1.165) is 0 Å². The highest BCUT2D eigenvalue weighted by molar-refractivity contribution is 8.14. The van der Waals surface area contributed by atoms with Gasteiger partial charge in [-0.15, -0.1) is 0 Å². The van der Waals surface area contributed by atoms with Crippen molar-refractivity contribution in [1.29, 1.82) is 0 Å². The van der Waals surface area contributed by atoms with E-state index in [4.69, 9.17) is 4.74 Å². The molecule has 1 saturated heterocycles. The Morgan fingerprint density at radius 3 is 2.71 bits per heavy atom. The highest BCUT2D eigenvalue weighted by Gasteiger charge is 2.50. The Hall–Kier alpha value is -0.370. The van der Waals surface area contributed by atoms with Crippen LogP contribution in [0.4, 0.5) is 4.39 Å². The van der Waals surface area contributed by atoms with Gasteiger partial charge in [-0.1, -0.05) is 11.8 Å². The number of alkyl halides is 1. The summed E-state index contributed by atoms with van der Waals surface area (Å²) in [4.78, 5) is 5.98. The fourth-order valence-electron chi connectivity index (χ4n) is 1.96. The van der Waals surface area contributed by atoms with Gasteiger partial charge in [0.15, 0.2) is 11.3 Å². The van der Waals surface area contributed by atoms with Crippen LogP contribution in [0.15, 0.2) is 4.99 Å². The summed E-state index contributed by atoms with van der Waals surface area (Å²) in [5, 5.41) is 19.9. The first kappa shape index (κ1) is 13.1. The molecule has 0 radical (unpaired) electrons. The zero-order chi connectivity index (χ0) is 12.7. The van der Waals surface area contributed by atoms with E-state index in [0.29, 0.717) is 5.17 Å². The fraction of sp³-hybridized carbons (Fsp3) is 0.900. The molecule has 0 aliphatic carbocycles. The van der Waals surface area contributed by atoms with Crippen molar-refractivity contribution in [2.24, 2.45) is 4.99 Å². The predicted molar refractivity (Wildman–Crippen MR) is 63.7 cm³/mol.